The van der Waals surface area contributed by atoms with Gasteiger partial charge < -0.3 is 5.11 Å². The molecule has 1 saturated carbocycles. The molecule has 1 aliphatic rings. The first-order valence-corrected chi connectivity index (χ1v) is 4.79. The van der Waals surface area contributed by atoms with Crippen LogP contribution in [-0.4, -0.2) is 10.1 Å². The normalized spacial score (nSPS) is 28.5. The molecule has 1 N–H and O–H groups in total. The maximum atomic E-state index is 9.88. The lowest BCUT2D eigenvalue weighted by Gasteiger charge is -2.09. The molecule has 1 heterocycles. The van der Waals surface area contributed by atoms with E-state index in [4.69, 9.17) is 0 Å². The molecule has 0 saturated heterocycles. The van der Waals surface area contributed by atoms with Gasteiger partial charge in [0.15, 0.2) is 0 Å². The smallest absolute Gasteiger partial charge is 0.0835 e. The van der Waals surface area contributed by atoms with Crippen molar-refractivity contribution in [2.45, 2.75) is 26.4 Å². The second-order valence-corrected chi connectivity index (χ2v) is 4.05. The molecule has 3 unspecified atom stereocenters. The van der Waals surface area contributed by atoms with Crippen molar-refractivity contribution in [3.8, 4) is 0 Å². The number of pyridine rings is 1. The van der Waals surface area contributed by atoms with E-state index in [1.165, 1.54) is 0 Å². The second-order valence-electron chi connectivity index (χ2n) is 4.05. The number of rotatable bonds is 2. The summed E-state index contributed by atoms with van der Waals surface area (Å²) in [6.07, 6.45) is 2.63. The largest absolute Gasteiger partial charge is 0.388 e. The number of hydrogen-bond donors (Lipinski definition) is 1. The van der Waals surface area contributed by atoms with Gasteiger partial charge in [-0.2, -0.15) is 0 Å². The van der Waals surface area contributed by atoms with E-state index in [9.17, 15) is 5.11 Å². The fourth-order valence-corrected chi connectivity index (χ4v) is 1.69. The Morgan fingerprint density at radius 1 is 1.54 bits per heavy atom. The molecule has 1 aromatic heterocycles. The predicted molar refractivity (Wildman–Crippen MR) is 51.2 cm³/mol. The molecule has 0 bridgehead atoms. The van der Waals surface area contributed by atoms with Crippen molar-refractivity contribution in [3.63, 3.8) is 0 Å². The number of hydrogen-bond acceptors (Lipinski definition) is 2. The minimum Gasteiger partial charge on any atom is -0.388 e. The minimum absolute atomic E-state index is 0.303. The van der Waals surface area contributed by atoms with Gasteiger partial charge in [0, 0.05) is 11.9 Å². The summed E-state index contributed by atoms with van der Waals surface area (Å²) in [7, 11) is 0. The molecule has 0 spiro atoms. The average molecular weight is 177 g/mol. The molecule has 2 rings (SSSR count). The average Bonchev–Trinajstić information content (AvgIpc) is 2.83. The van der Waals surface area contributed by atoms with Crippen molar-refractivity contribution in [3.05, 3.63) is 29.6 Å². The summed E-state index contributed by atoms with van der Waals surface area (Å²) >= 11 is 0. The first kappa shape index (κ1) is 8.70. The van der Waals surface area contributed by atoms with E-state index in [1.807, 2.05) is 19.1 Å². The molecular weight excluding hydrogens is 162 g/mol. The molecule has 2 nitrogen and oxygen atoms in total. The standard InChI is InChI=1S/C11H15NO/c1-7-5-10(7)11(13)9-4-3-8(2)12-6-9/h3-4,6-7,10-11,13H,5H2,1-2H3. The summed E-state index contributed by atoms with van der Waals surface area (Å²) in [6, 6.07) is 3.92. The van der Waals surface area contributed by atoms with Gasteiger partial charge in [0.05, 0.1) is 6.10 Å². The van der Waals surface area contributed by atoms with Crippen LogP contribution >= 0.6 is 0 Å². The van der Waals surface area contributed by atoms with Gasteiger partial charge >= 0.3 is 0 Å². The topological polar surface area (TPSA) is 33.1 Å². The van der Waals surface area contributed by atoms with Crippen LogP contribution < -0.4 is 0 Å². The molecule has 1 aromatic rings. The molecule has 1 fully saturated rings. The van der Waals surface area contributed by atoms with E-state index < -0.39 is 0 Å². The minimum atomic E-state index is -0.303. The summed E-state index contributed by atoms with van der Waals surface area (Å²) in [5.74, 6) is 1.14. The summed E-state index contributed by atoms with van der Waals surface area (Å²) in [5, 5.41) is 9.88. The van der Waals surface area contributed by atoms with Crippen LogP contribution in [0.4, 0.5) is 0 Å². The van der Waals surface area contributed by atoms with Gasteiger partial charge in [0.1, 0.15) is 0 Å². The summed E-state index contributed by atoms with van der Waals surface area (Å²) in [4.78, 5) is 4.18. The van der Waals surface area contributed by atoms with Gasteiger partial charge in [-0.1, -0.05) is 13.0 Å². The monoisotopic (exact) mass is 177 g/mol. The number of aromatic nitrogens is 1. The Bertz CT molecular complexity index is 293. The van der Waals surface area contributed by atoms with E-state index in [1.54, 1.807) is 6.20 Å². The van der Waals surface area contributed by atoms with Crippen molar-refractivity contribution in [2.24, 2.45) is 11.8 Å². The Balaban J connectivity index is 2.12. The molecule has 1 aliphatic carbocycles. The number of nitrogens with zero attached hydrogens (tertiary/aromatic N) is 1. The lowest BCUT2D eigenvalue weighted by Crippen LogP contribution is -2.01. The number of aliphatic hydroxyl groups excluding tert-OH is 1. The molecule has 13 heavy (non-hydrogen) atoms. The summed E-state index contributed by atoms with van der Waals surface area (Å²) in [5.41, 5.74) is 1.96. The van der Waals surface area contributed by atoms with Gasteiger partial charge in [0.25, 0.3) is 0 Å². The van der Waals surface area contributed by atoms with Crippen molar-refractivity contribution >= 4 is 0 Å². The zero-order valence-corrected chi connectivity index (χ0v) is 8.07. The molecule has 70 valence electrons. The Morgan fingerprint density at radius 2 is 2.23 bits per heavy atom. The molecule has 0 amide bonds. The highest BCUT2D eigenvalue weighted by atomic mass is 16.3. The predicted octanol–water partition coefficient (Wildman–Crippen LogP) is 2.08. The molecular formula is C11H15NO. The highest BCUT2D eigenvalue weighted by Crippen LogP contribution is 2.46. The quantitative estimate of drug-likeness (QED) is 0.750. The van der Waals surface area contributed by atoms with Crippen LogP contribution in [0.5, 0.6) is 0 Å². The Hall–Kier alpha value is -0.890. The maximum Gasteiger partial charge on any atom is 0.0835 e. The molecule has 0 aromatic carbocycles. The molecule has 0 aliphatic heterocycles. The van der Waals surface area contributed by atoms with Crippen molar-refractivity contribution in [2.75, 3.05) is 0 Å². The fourth-order valence-electron chi connectivity index (χ4n) is 1.69. The Morgan fingerprint density at radius 3 is 2.69 bits per heavy atom. The lowest BCUT2D eigenvalue weighted by atomic mass is 10.1. The number of aliphatic hydroxyl groups is 1. The second kappa shape index (κ2) is 3.11. The van der Waals surface area contributed by atoms with Gasteiger partial charge in [-0.3, -0.25) is 4.98 Å². The third-order valence-corrected chi connectivity index (χ3v) is 2.85. The van der Waals surface area contributed by atoms with Gasteiger partial charge in [0.2, 0.25) is 0 Å². The number of aryl methyl sites for hydroxylation is 1. The fraction of sp³-hybridized carbons (Fsp3) is 0.545. The van der Waals surface area contributed by atoms with E-state index in [0.29, 0.717) is 11.8 Å². The van der Waals surface area contributed by atoms with Crippen LogP contribution in [0, 0.1) is 18.8 Å². The Kier molecular flexibility index (Phi) is 2.08. The lowest BCUT2D eigenvalue weighted by molar-refractivity contribution is 0.148. The van der Waals surface area contributed by atoms with Crippen LogP contribution in [-0.2, 0) is 0 Å². The van der Waals surface area contributed by atoms with Crippen LogP contribution in [0.2, 0.25) is 0 Å². The van der Waals surface area contributed by atoms with Crippen molar-refractivity contribution in [1.82, 2.24) is 4.98 Å². The third-order valence-electron chi connectivity index (χ3n) is 2.85. The maximum absolute atomic E-state index is 9.88. The molecule has 2 heteroatoms. The van der Waals surface area contributed by atoms with E-state index in [-0.39, 0.29) is 6.10 Å². The van der Waals surface area contributed by atoms with Crippen LogP contribution in [0.25, 0.3) is 0 Å². The zero-order valence-electron chi connectivity index (χ0n) is 8.07. The van der Waals surface area contributed by atoms with Gasteiger partial charge in [-0.05, 0) is 36.8 Å². The zero-order chi connectivity index (χ0) is 9.42. The van der Waals surface area contributed by atoms with Crippen molar-refractivity contribution in [1.29, 1.82) is 0 Å². The first-order chi connectivity index (χ1) is 6.18. The molecule has 0 radical (unpaired) electrons. The van der Waals surface area contributed by atoms with Crippen molar-refractivity contribution < 1.29 is 5.11 Å². The third kappa shape index (κ3) is 1.73. The summed E-state index contributed by atoms with van der Waals surface area (Å²) in [6.45, 7) is 4.13. The van der Waals surface area contributed by atoms with Gasteiger partial charge in [-0.15, -0.1) is 0 Å². The van der Waals surface area contributed by atoms with E-state index in [0.717, 1.165) is 17.7 Å². The van der Waals surface area contributed by atoms with Gasteiger partial charge in [-0.25, -0.2) is 0 Å². The SMILES string of the molecule is Cc1ccc(C(O)C2CC2C)cn1. The molecule has 3 atom stereocenters. The van der Waals surface area contributed by atoms with Crippen LogP contribution in [0.3, 0.4) is 0 Å². The van der Waals surface area contributed by atoms with Crippen LogP contribution in [0.15, 0.2) is 18.3 Å². The first-order valence-electron chi connectivity index (χ1n) is 4.79. The van der Waals surface area contributed by atoms with E-state index in [2.05, 4.69) is 11.9 Å². The highest BCUT2D eigenvalue weighted by Gasteiger charge is 2.39. The Labute approximate surface area is 78.6 Å². The van der Waals surface area contributed by atoms with E-state index >= 15 is 0 Å². The highest BCUT2D eigenvalue weighted by molar-refractivity contribution is 5.18. The van der Waals surface area contributed by atoms with Crippen LogP contribution in [0.1, 0.15) is 30.7 Å². The summed E-state index contributed by atoms with van der Waals surface area (Å²) < 4.78 is 0.